The fourth-order valence-corrected chi connectivity index (χ4v) is 1.66. The zero-order chi connectivity index (χ0) is 14.3. The van der Waals surface area contributed by atoms with Gasteiger partial charge in [0.1, 0.15) is 6.61 Å². The molecular formula is C14H25NO4. The Morgan fingerprint density at radius 3 is 2.21 bits per heavy atom. The van der Waals surface area contributed by atoms with Crippen LogP contribution < -0.4 is 5.32 Å². The van der Waals surface area contributed by atoms with Crippen molar-refractivity contribution in [2.24, 2.45) is 0 Å². The van der Waals surface area contributed by atoms with Gasteiger partial charge in [0.15, 0.2) is 0 Å². The molecule has 0 saturated heterocycles. The van der Waals surface area contributed by atoms with Crippen molar-refractivity contribution < 1.29 is 19.4 Å². The second kappa shape index (κ2) is 12.9. The molecule has 0 unspecified atom stereocenters. The van der Waals surface area contributed by atoms with E-state index in [4.69, 9.17) is 9.84 Å². The van der Waals surface area contributed by atoms with Crippen molar-refractivity contribution in [3.05, 3.63) is 12.7 Å². The van der Waals surface area contributed by atoms with Gasteiger partial charge in [0, 0.05) is 13.0 Å². The number of carboxylic acid groups (broad SMARTS) is 1. The van der Waals surface area contributed by atoms with Crippen LogP contribution in [0.2, 0.25) is 0 Å². The van der Waals surface area contributed by atoms with Crippen LogP contribution in [0, 0.1) is 0 Å². The average molecular weight is 271 g/mol. The lowest BCUT2D eigenvalue weighted by molar-refractivity contribution is -0.137. The third kappa shape index (κ3) is 14.4. The van der Waals surface area contributed by atoms with E-state index in [-0.39, 0.29) is 13.0 Å². The van der Waals surface area contributed by atoms with Crippen LogP contribution in [-0.4, -0.2) is 30.3 Å². The summed E-state index contributed by atoms with van der Waals surface area (Å²) >= 11 is 0. The van der Waals surface area contributed by atoms with Gasteiger partial charge in [-0.25, -0.2) is 4.79 Å². The minimum atomic E-state index is -0.714. The number of hydrogen-bond donors (Lipinski definition) is 2. The molecule has 0 rings (SSSR count). The molecular weight excluding hydrogens is 246 g/mol. The molecule has 0 spiro atoms. The normalized spacial score (nSPS) is 9.89. The van der Waals surface area contributed by atoms with Crippen LogP contribution in [0.1, 0.15) is 51.4 Å². The van der Waals surface area contributed by atoms with Gasteiger partial charge in [0.05, 0.1) is 0 Å². The summed E-state index contributed by atoms with van der Waals surface area (Å²) in [5.41, 5.74) is 0. The first kappa shape index (κ1) is 17.5. The summed E-state index contributed by atoms with van der Waals surface area (Å²) in [7, 11) is 0. The average Bonchev–Trinajstić information content (AvgIpc) is 2.38. The molecule has 110 valence electrons. The number of alkyl carbamates (subject to hydrolysis) is 1. The predicted octanol–water partition coefficient (Wildman–Crippen LogP) is 3.10. The van der Waals surface area contributed by atoms with Gasteiger partial charge in [0.2, 0.25) is 0 Å². The Morgan fingerprint density at radius 2 is 1.63 bits per heavy atom. The zero-order valence-corrected chi connectivity index (χ0v) is 11.5. The van der Waals surface area contributed by atoms with E-state index in [2.05, 4.69) is 11.9 Å². The van der Waals surface area contributed by atoms with Crippen molar-refractivity contribution in [1.29, 1.82) is 0 Å². The highest BCUT2D eigenvalue weighted by atomic mass is 16.5. The number of ether oxygens (including phenoxy) is 1. The van der Waals surface area contributed by atoms with E-state index in [9.17, 15) is 9.59 Å². The van der Waals surface area contributed by atoms with Crippen LogP contribution in [0.25, 0.3) is 0 Å². The van der Waals surface area contributed by atoms with Crippen molar-refractivity contribution in [2.75, 3.05) is 13.2 Å². The second-order valence-corrected chi connectivity index (χ2v) is 4.43. The molecule has 0 aliphatic heterocycles. The Balaban J connectivity index is 3.12. The minimum absolute atomic E-state index is 0.238. The molecule has 0 aliphatic rings. The largest absolute Gasteiger partial charge is 0.481 e. The van der Waals surface area contributed by atoms with Gasteiger partial charge in [-0.15, -0.1) is 0 Å². The van der Waals surface area contributed by atoms with Gasteiger partial charge in [0.25, 0.3) is 0 Å². The predicted molar refractivity (Wildman–Crippen MR) is 74.1 cm³/mol. The fourth-order valence-electron chi connectivity index (χ4n) is 1.66. The summed E-state index contributed by atoms with van der Waals surface area (Å²) in [6.45, 7) is 4.33. The number of carboxylic acids is 1. The Hall–Kier alpha value is -1.52. The molecule has 0 radical (unpaired) electrons. The number of amides is 1. The highest BCUT2D eigenvalue weighted by Crippen LogP contribution is 2.08. The van der Waals surface area contributed by atoms with Crippen molar-refractivity contribution in [3.63, 3.8) is 0 Å². The van der Waals surface area contributed by atoms with Gasteiger partial charge in [-0.3, -0.25) is 4.79 Å². The summed E-state index contributed by atoms with van der Waals surface area (Å²) < 4.78 is 4.77. The maximum Gasteiger partial charge on any atom is 0.407 e. The summed E-state index contributed by atoms with van der Waals surface area (Å²) in [5, 5.41) is 11.1. The standard InChI is InChI=1S/C14H25NO4/c1-2-12-19-14(18)15-11-9-7-5-3-4-6-8-10-13(16)17/h2H,1,3-12H2,(H,15,18)(H,16,17). The number of nitrogens with one attached hydrogen (secondary N) is 1. The number of carbonyl (C=O) groups is 2. The molecule has 5 nitrogen and oxygen atoms in total. The highest BCUT2D eigenvalue weighted by molar-refractivity contribution is 5.67. The molecule has 0 aromatic heterocycles. The van der Waals surface area contributed by atoms with Crippen molar-refractivity contribution in [2.45, 2.75) is 51.4 Å². The Morgan fingerprint density at radius 1 is 1.05 bits per heavy atom. The molecule has 0 bridgehead atoms. The van der Waals surface area contributed by atoms with Crippen LogP contribution in [-0.2, 0) is 9.53 Å². The van der Waals surface area contributed by atoms with Gasteiger partial charge >= 0.3 is 12.1 Å². The third-order valence-corrected chi connectivity index (χ3v) is 2.67. The summed E-state index contributed by atoms with van der Waals surface area (Å²) in [5.74, 6) is -0.714. The fraction of sp³-hybridized carbons (Fsp3) is 0.714. The monoisotopic (exact) mass is 271 g/mol. The van der Waals surface area contributed by atoms with Gasteiger partial charge in [-0.2, -0.15) is 0 Å². The van der Waals surface area contributed by atoms with Gasteiger partial charge in [-0.1, -0.05) is 44.8 Å². The van der Waals surface area contributed by atoms with E-state index in [0.29, 0.717) is 6.54 Å². The van der Waals surface area contributed by atoms with Crippen molar-refractivity contribution in [1.82, 2.24) is 5.32 Å². The quantitative estimate of drug-likeness (QED) is 0.422. The minimum Gasteiger partial charge on any atom is -0.481 e. The number of carbonyl (C=O) groups excluding carboxylic acids is 1. The molecule has 0 aromatic rings. The third-order valence-electron chi connectivity index (χ3n) is 2.67. The molecule has 0 saturated carbocycles. The number of hydrogen-bond acceptors (Lipinski definition) is 3. The molecule has 0 aromatic carbocycles. The first-order valence-corrected chi connectivity index (χ1v) is 6.90. The van der Waals surface area contributed by atoms with Crippen LogP contribution in [0.4, 0.5) is 4.79 Å². The van der Waals surface area contributed by atoms with Crippen LogP contribution in [0.3, 0.4) is 0 Å². The topological polar surface area (TPSA) is 75.6 Å². The maximum atomic E-state index is 11.0. The molecule has 0 heterocycles. The van der Waals surface area contributed by atoms with E-state index >= 15 is 0 Å². The van der Waals surface area contributed by atoms with Crippen LogP contribution >= 0.6 is 0 Å². The number of rotatable bonds is 12. The first-order valence-electron chi connectivity index (χ1n) is 6.90. The SMILES string of the molecule is C=CCOC(=O)NCCCCCCCCCC(=O)O. The van der Waals surface area contributed by atoms with E-state index < -0.39 is 12.1 Å². The van der Waals surface area contributed by atoms with Crippen LogP contribution in [0.15, 0.2) is 12.7 Å². The van der Waals surface area contributed by atoms with E-state index in [1.165, 1.54) is 6.08 Å². The van der Waals surface area contributed by atoms with E-state index in [1.807, 2.05) is 0 Å². The Bertz CT molecular complexity index is 266. The lowest BCUT2D eigenvalue weighted by atomic mass is 10.1. The second-order valence-electron chi connectivity index (χ2n) is 4.43. The first-order chi connectivity index (χ1) is 9.16. The van der Waals surface area contributed by atoms with Crippen LogP contribution in [0.5, 0.6) is 0 Å². The zero-order valence-electron chi connectivity index (χ0n) is 11.5. The molecule has 19 heavy (non-hydrogen) atoms. The van der Waals surface area contributed by atoms with E-state index in [1.54, 1.807) is 0 Å². The summed E-state index contributed by atoms with van der Waals surface area (Å²) in [6, 6.07) is 0. The van der Waals surface area contributed by atoms with Crippen molar-refractivity contribution in [3.8, 4) is 0 Å². The molecule has 0 fully saturated rings. The highest BCUT2D eigenvalue weighted by Gasteiger charge is 1.99. The maximum absolute atomic E-state index is 11.0. The van der Waals surface area contributed by atoms with Gasteiger partial charge in [-0.05, 0) is 12.8 Å². The molecule has 0 atom stereocenters. The lowest BCUT2D eigenvalue weighted by Crippen LogP contribution is -2.25. The molecule has 1 amide bonds. The number of aliphatic carboxylic acids is 1. The number of unbranched alkanes of at least 4 members (excludes halogenated alkanes) is 6. The summed E-state index contributed by atoms with van der Waals surface area (Å²) in [4.78, 5) is 21.3. The molecule has 5 heteroatoms. The summed E-state index contributed by atoms with van der Waals surface area (Å²) in [6.07, 6.45) is 8.51. The van der Waals surface area contributed by atoms with Gasteiger partial charge < -0.3 is 15.2 Å². The Kier molecular flexibility index (Phi) is 11.9. The van der Waals surface area contributed by atoms with E-state index in [0.717, 1.165) is 44.9 Å². The Labute approximate surface area is 115 Å². The lowest BCUT2D eigenvalue weighted by Gasteiger charge is -2.05. The van der Waals surface area contributed by atoms with Crippen molar-refractivity contribution >= 4 is 12.1 Å². The molecule has 2 N–H and O–H groups in total. The smallest absolute Gasteiger partial charge is 0.407 e. The molecule has 0 aliphatic carbocycles.